The average molecular weight is 286 g/mol. The van der Waals surface area contributed by atoms with E-state index in [0.717, 1.165) is 32.4 Å². The van der Waals surface area contributed by atoms with E-state index in [1.54, 1.807) is 0 Å². The second-order valence-corrected chi connectivity index (χ2v) is 5.90. The van der Waals surface area contributed by atoms with Crippen LogP contribution in [0.4, 0.5) is 0 Å². The third-order valence-electron chi connectivity index (χ3n) is 3.45. The summed E-state index contributed by atoms with van der Waals surface area (Å²) in [5, 5.41) is 12.7. The summed E-state index contributed by atoms with van der Waals surface area (Å²) in [6, 6.07) is 0. The van der Waals surface area contributed by atoms with Gasteiger partial charge in [0.2, 0.25) is 5.91 Å². The molecule has 20 heavy (non-hydrogen) atoms. The molecule has 0 spiro atoms. The summed E-state index contributed by atoms with van der Waals surface area (Å²) >= 11 is 0. The quantitative estimate of drug-likeness (QED) is 0.512. The zero-order valence-corrected chi connectivity index (χ0v) is 13.7. The fraction of sp³-hybridized carbons (Fsp3) is 0.938. The molecule has 0 radical (unpaired) electrons. The van der Waals surface area contributed by atoms with Crippen molar-refractivity contribution in [3.05, 3.63) is 0 Å². The smallest absolute Gasteiger partial charge is 0.220 e. The fourth-order valence-electron chi connectivity index (χ4n) is 2.14. The van der Waals surface area contributed by atoms with E-state index >= 15 is 0 Å². The Hall–Kier alpha value is -0.610. The Labute approximate surface area is 124 Å². The lowest BCUT2D eigenvalue weighted by Gasteiger charge is -2.12. The topological polar surface area (TPSA) is 52.6 Å². The average Bonchev–Trinajstić information content (AvgIpc) is 2.41. The maximum atomic E-state index is 11.6. The third kappa shape index (κ3) is 13.8. The van der Waals surface area contributed by atoms with Crippen LogP contribution in [-0.4, -0.2) is 49.2 Å². The number of rotatable bonds is 13. The van der Waals surface area contributed by atoms with Gasteiger partial charge in [0.1, 0.15) is 0 Å². The first-order valence-corrected chi connectivity index (χ1v) is 8.15. The predicted octanol–water partition coefficient (Wildman–Crippen LogP) is 2.56. The molecule has 0 aromatic rings. The van der Waals surface area contributed by atoms with E-state index in [2.05, 4.69) is 17.1 Å². The van der Waals surface area contributed by atoms with Crippen LogP contribution < -0.4 is 5.32 Å². The van der Waals surface area contributed by atoms with E-state index in [0.29, 0.717) is 12.8 Å². The van der Waals surface area contributed by atoms with Crippen LogP contribution in [0.5, 0.6) is 0 Å². The first-order valence-electron chi connectivity index (χ1n) is 8.15. The Morgan fingerprint density at radius 1 is 1.10 bits per heavy atom. The Kier molecular flexibility index (Phi) is 13.0. The monoisotopic (exact) mass is 286 g/mol. The van der Waals surface area contributed by atoms with E-state index in [4.69, 9.17) is 0 Å². The number of nitrogens with zero attached hydrogens (tertiary/aromatic N) is 1. The van der Waals surface area contributed by atoms with Crippen molar-refractivity contribution in [2.75, 3.05) is 27.2 Å². The van der Waals surface area contributed by atoms with E-state index in [1.165, 1.54) is 25.7 Å². The molecule has 120 valence electrons. The van der Waals surface area contributed by atoms with Gasteiger partial charge in [-0.3, -0.25) is 4.79 Å². The highest BCUT2D eigenvalue weighted by molar-refractivity contribution is 5.75. The standard InChI is InChI=1S/C16H34N2O2/c1-4-5-6-7-8-10-15(19)11-12-16(20)17-13-9-14-18(2)3/h15,19H,4-14H2,1-3H3,(H,17,20). The fourth-order valence-corrected chi connectivity index (χ4v) is 2.14. The molecule has 0 aliphatic carbocycles. The number of nitrogens with one attached hydrogen (secondary N) is 1. The molecule has 0 aliphatic rings. The lowest BCUT2D eigenvalue weighted by Crippen LogP contribution is -2.27. The summed E-state index contributed by atoms with van der Waals surface area (Å²) in [6.45, 7) is 3.91. The molecule has 0 saturated heterocycles. The molecule has 4 nitrogen and oxygen atoms in total. The molecule has 0 aliphatic heterocycles. The van der Waals surface area contributed by atoms with Gasteiger partial charge in [-0.25, -0.2) is 0 Å². The minimum absolute atomic E-state index is 0.0637. The van der Waals surface area contributed by atoms with Gasteiger partial charge in [0.25, 0.3) is 0 Å². The van der Waals surface area contributed by atoms with Crippen molar-refractivity contribution in [2.45, 2.75) is 70.8 Å². The van der Waals surface area contributed by atoms with Crippen LogP contribution in [0, 0.1) is 0 Å². The minimum atomic E-state index is -0.316. The lowest BCUT2D eigenvalue weighted by atomic mass is 10.0. The first kappa shape index (κ1) is 19.4. The van der Waals surface area contributed by atoms with Gasteiger partial charge in [-0.2, -0.15) is 0 Å². The Balaban J connectivity index is 3.39. The SMILES string of the molecule is CCCCCCCC(O)CCC(=O)NCCCN(C)C. The number of unbranched alkanes of at least 4 members (excludes halogenated alkanes) is 4. The van der Waals surface area contributed by atoms with Crippen LogP contribution in [0.15, 0.2) is 0 Å². The molecule has 4 heteroatoms. The molecule has 0 fully saturated rings. The number of amides is 1. The van der Waals surface area contributed by atoms with Gasteiger partial charge < -0.3 is 15.3 Å². The van der Waals surface area contributed by atoms with Crippen LogP contribution in [0.2, 0.25) is 0 Å². The molecule has 1 amide bonds. The van der Waals surface area contributed by atoms with E-state index < -0.39 is 0 Å². The minimum Gasteiger partial charge on any atom is -0.393 e. The number of carbonyl (C=O) groups is 1. The molecule has 1 atom stereocenters. The van der Waals surface area contributed by atoms with Crippen molar-refractivity contribution in [3.8, 4) is 0 Å². The Morgan fingerprint density at radius 2 is 1.80 bits per heavy atom. The van der Waals surface area contributed by atoms with Gasteiger partial charge in [0.05, 0.1) is 6.10 Å². The van der Waals surface area contributed by atoms with Crippen LogP contribution in [0.1, 0.15) is 64.7 Å². The van der Waals surface area contributed by atoms with Crippen molar-refractivity contribution in [1.29, 1.82) is 0 Å². The number of carbonyl (C=O) groups excluding carboxylic acids is 1. The van der Waals surface area contributed by atoms with Gasteiger partial charge in [-0.15, -0.1) is 0 Å². The maximum Gasteiger partial charge on any atom is 0.220 e. The molecule has 0 heterocycles. The van der Waals surface area contributed by atoms with Crippen LogP contribution in [-0.2, 0) is 4.79 Å². The number of aliphatic hydroxyl groups excluding tert-OH is 1. The largest absolute Gasteiger partial charge is 0.393 e. The summed E-state index contributed by atoms with van der Waals surface area (Å²) in [6.07, 6.45) is 8.58. The highest BCUT2D eigenvalue weighted by atomic mass is 16.3. The third-order valence-corrected chi connectivity index (χ3v) is 3.45. The molecule has 0 aromatic carbocycles. The zero-order valence-electron chi connectivity index (χ0n) is 13.7. The van der Waals surface area contributed by atoms with Crippen molar-refractivity contribution in [1.82, 2.24) is 10.2 Å². The second-order valence-electron chi connectivity index (χ2n) is 5.90. The second kappa shape index (κ2) is 13.4. The normalized spacial score (nSPS) is 12.7. The van der Waals surface area contributed by atoms with Crippen LogP contribution >= 0.6 is 0 Å². The van der Waals surface area contributed by atoms with Crippen molar-refractivity contribution < 1.29 is 9.90 Å². The lowest BCUT2D eigenvalue weighted by molar-refractivity contribution is -0.121. The van der Waals surface area contributed by atoms with Crippen LogP contribution in [0.3, 0.4) is 0 Å². The molecule has 0 saturated carbocycles. The molecule has 2 N–H and O–H groups in total. The number of aliphatic hydroxyl groups is 1. The Bertz CT molecular complexity index is 233. The number of hydrogen-bond acceptors (Lipinski definition) is 3. The van der Waals surface area contributed by atoms with Crippen molar-refractivity contribution in [2.24, 2.45) is 0 Å². The summed E-state index contributed by atoms with van der Waals surface area (Å²) < 4.78 is 0. The van der Waals surface area contributed by atoms with Gasteiger partial charge in [-0.1, -0.05) is 39.0 Å². The molecule has 0 rings (SSSR count). The van der Waals surface area contributed by atoms with Gasteiger partial charge in [-0.05, 0) is 39.9 Å². The molecule has 0 aromatic heterocycles. The summed E-state index contributed by atoms with van der Waals surface area (Å²) in [7, 11) is 4.05. The highest BCUT2D eigenvalue weighted by Gasteiger charge is 2.07. The molecule has 0 bridgehead atoms. The van der Waals surface area contributed by atoms with Gasteiger partial charge in [0.15, 0.2) is 0 Å². The predicted molar refractivity (Wildman–Crippen MR) is 84.8 cm³/mol. The molecular weight excluding hydrogens is 252 g/mol. The highest BCUT2D eigenvalue weighted by Crippen LogP contribution is 2.10. The molecule has 1 unspecified atom stereocenters. The summed E-state index contributed by atoms with van der Waals surface area (Å²) in [4.78, 5) is 13.7. The summed E-state index contributed by atoms with van der Waals surface area (Å²) in [5.41, 5.74) is 0. The van der Waals surface area contributed by atoms with E-state index in [1.807, 2.05) is 14.1 Å². The summed E-state index contributed by atoms with van der Waals surface area (Å²) in [5.74, 6) is 0.0637. The van der Waals surface area contributed by atoms with E-state index in [-0.39, 0.29) is 12.0 Å². The first-order chi connectivity index (χ1) is 9.56. The molecular formula is C16H34N2O2. The zero-order chi connectivity index (χ0) is 15.2. The van der Waals surface area contributed by atoms with Gasteiger partial charge in [0, 0.05) is 13.0 Å². The van der Waals surface area contributed by atoms with Crippen LogP contribution in [0.25, 0.3) is 0 Å². The maximum absolute atomic E-state index is 11.6. The number of hydrogen-bond donors (Lipinski definition) is 2. The van der Waals surface area contributed by atoms with Gasteiger partial charge >= 0.3 is 0 Å². The van der Waals surface area contributed by atoms with Crippen molar-refractivity contribution in [3.63, 3.8) is 0 Å². The van der Waals surface area contributed by atoms with Crippen molar-refractivity contribution >= 4 is 5.91 Å². The Morgan fingerprint density at radius 3 is 2.45 bits per heavy atom. The van der Waals surface area contributed by atoms with E-state index in [9.17, 15) is 9.90 Å².